The zero-order valence-electron chi connectivity index (χ0n) is 21.7. The molecule has 0 amide bonds. The summed E-state index contributed by atoms with van der Waals surface area (Å²) in [6.45, 7) is 1.42. The number of nitrogens with one attached hydrogen (secondary N) is 1. The highest BCUT2D eigenvalue weighted by molar-refractivity contribution is 7.90. The van der Waals surface area contributed by atoms with Gasteiger partial charge >= 0.3 is 0 Å². The fourth-order valence-electron chi connectivity index (χ4n) is 3.97. The maximum Gasteiger partial charge on any atom is 0.152 e. The Labute approximate surface area is 227 Å². The second kappa shape index (κ2) is 11.6. The average Bonchev–Trinajstić information content (AvgIpc) is 3.40. The summed E-state index contributed by atoms with van der Waals surface area (Å²) in [4.78, 5) is 15.2. The highest BCUT2D eigenvalue weighted by Crippen LogP contribution is 2.29. The van der Waals surface area contributed by atoms with Crippen molar-refractivity contribution in [3.63, 3.8) is 0 Å². The van der Waals surface area contributed by atoms with E-state index in [4.69, 9.17) is 9.15 Å². The van der Waals surface area contributed by atoms with Crippen molar-refractivity contribution in [3.8, 4) is 17.2 Å². The Hall–Kier alpha value is -4.28. The van der Waals surface area contributed by atoms with Crippen molar-refractivity contribution in [1.82, 2.24) is 19.9 Å². The lowest BCUT2D eigenvalue weighted by Gasteiger charge is -2.14. The Kier molecular flexibility index (Phi) is 7.85. The van der Waals surface area contributed by atoms with Crippen LogP contribution in [0.15, 0.2) is 89.7 Å². The molecule has 0 atom stereocenters. The first kappa shape index (κ1) is 26.3. The van der Waals surface area contributed by atoms with E-state index in [9.17, 15) is 8.42 Å². The summed E-state index contributed by atoms with van der Waals surface area (Å²) in [6.07, 6.45) is 4.43. The monoisotopic (exact) mass is 543 g/mol. The minimum absolute atomic E-state index is 0.0997. The Bertz CT molecular complexity index is 1650. The van der Waals surface area contributed by atoms with Crippen LogP contribution in [0.4, 0.5) is 11.5 Å². The number of furan rings is 1. The maximum atomic E-state index is 11.4. The van der Waals surface area contributed by atoms with Gasteiger partial charge in [-0.1, -0.05) is 30.3 Å². The van der Waals surface area contributed by atoms with Crippen LogP contribution >= 0.6 is 0 Å². The van der Waals surface area contributed by atoms with Crippen LogP contribution in [0.25, 0.3) is 22.4 Å². The van der Waals surface area contributed by atoms with Crippen LogP contribution in [0, 0.1) is 0 Å². The molecule has 0 fully saturated rings. The smallest absolute Gasteiger partial charge is 0.152 e. The molecule has 0 aliphatic rings. The Balaban J connectivity index is 1.28. The van der Waals surface area contributed by atoms with Crippen molar-refractivity contribution in [1.29, 1.82) is 0 Å². The van der Waals surface area contributed by atoms with Gasteiger partial charge in [0.1, 0.15) is 45.8 Å². The maximum absolute atomic E-state index is 11.4. The molecule has 0 unspecified atom stereocenters. The van der Waals surface area contributed by atoms with Crippen molar-refractivity contribution in [3.05, 3.63) is 96.6 Å². The summed E-state index contributed by atoms with van der Waals surface area (Å²) >= 11 is 0. The van der Waals surface area contributed by atoms with Gasteiger partial charge in [-0.15, -0.1) is 0 Å². The van der Waals surface area contributed by atoms with Crippen molar-refractivity contribution in [2.75, 3.05) is 30.9 Å². The molecule has 3 aromatic heterocycles. The van der Waals surface area contributed by atoms with Crippen LogP contribution in [0.1, 0.15) is 11.3 Å². The molecule has 9 nitrogen and oxygen atoms in total. The SMILES string of the molecule is CN(CCS(C)(=O)=O)Cc1ccc(-c2cc3c(Nc4ccc(OCc5ccccc5)cc4)ncnc3cn2)o1. The first-order chi connectivity index (χ1) is 18.8. The molecular formula is C29H29N5O4S. The molecule has 0 bridgehead atoms. The van der Waals surface area contributed by atoms with Crippen LogP contribution in [0.3, 0.4) is 0 Å². The molecular weight excluding hydrogens is 514 g/mol. The van der Waals surface area contributed by atoms with Gasteiger partial charge in [-0.2, -0.15) is 0 Å². The van der Waals surface area contributed by atoms with Crippen molar-refractivity contribution < 1.29 is 17.6 Å². The van der Waals surface area contributed by atoms with Crippen LogP contribution < -0.4 is 10.1 Å². The zero-order chi connectivity index (χ0) is 27.2. The largest absolute Gasteiger partial charge is 0.489 e. The van der Waals surface area contributed by atoms with Gasteiger partial charge in [-0.3, -0.25) is 9.88 Å². The third-order valence-corrected chi connectivity index (χ3v) is 6.99. The number of sulfone groups is 1. The van der Waals surface area contributed by atoms with Gasteiger partial charge in [-0.05, 0) is 55.1 Å². The lowest BCUT2D eigenvalue weighted by atomic mass is 10.2. The van der Waals surface area contributed by atoms with E-state index in [2.05, 4.69) is 20.3 Å². The van der Waals surface area contributed by atoms with Gasteiger partial charge in [-0.25, -0.2) is 18.4 Å². The van der Waals surface area contributed by atoms with E-state index >= 15 is 0 Å². The third-order valence-electron chi connectivity index (χ3n) is 6.07. The van der Waals surface area contributed by atoms with E-state index in [1.165, 1.54) is 12.6 Å². The number of aromatic nitrogens is 3. The Morgan fingerprint density at radius 1 is 0.974 bits per heavy atom. The topological polar surface area (TPSA) is 110 Å². The summed E-state index contributed by atoms with van der Waals surface area (Å²) < 4.78 is 34.8. The summed E-state index contributed by atoms with van der Waals surface area (Å²) in [5.41, 5.74) is 3.32. The van der Waals surface area contributed by atoms with E-state index in [1.807, 2.05) is 84.7 Å². The first-order valence-corrected chi connectivity index (χ1v) is 14.5. The van der Waals surface area contributed by atoms with Crippen LogP contribution in [-0.2, 0) is 23.0 Å². The fraction of sp³-hybridized carbons (Fsp3) is 0.207. The standard InChI is InChI=1S/C29H29N5O4S/c1-34(14-15-39(2,35)36)18-24-12-13-28(38-24)26-16-25-27(17-30-26)31-20-32-29(25)33-22-8-10-23(11-9-22)37-19-21-6-4-3-5-7-21/h3-13,16-17,20H,14-15,18-19H2,1-2H3,(H,31,32,33). The molecule has 10 heteroatoms. The highest BCUT2D eigenvalue weighted by atomic mass is 32.2. The average molecular weight is 544 g/mol. The molecule has 0 aliphatic heterocycles. The Morgan fingerprint density at radius 3 is 2.54 bits per heavy atom. The van der Waals surface area contributed by atoms with E-state index < -0.39 is 9.84 Å². The van der Waals surface area contributed by atoms with Gasteiger partial charge in [0.05, 0.1) is 24.0 Å². The summed E-state index contributed by atoms with van der Waals surface area (Å²) in [5, 5.41) is 4.16. The molecule has 200 valence electrons. The number of hydrogen-bond acceptors (Lipinski definition) is 9. The van der Waals surface area contributed by atoms with Gasteiger partial charge in [0.15, 0.2) is 5.76 Å². The minimum atomic E-state index is -3.02. The number of ether oxygens (including phenoxy) is 1. The van der Waals surface area contributed by atoms with Crippen molar-refractivity contribution >= 4 is 32.2 Å². The predicted molar refractivity (Wildman–Crippen MR) is 152 cm³/mol. The van der Waals surface area contributed by atoms with E-state index in [-0.39, 0.29) is 5.75 Å². The minimum Gasteiger partial charge on any atom is -0.489 e. The Morgan fingerprint density at radius 2 is 1.77 bits per heavy atom. The van der Waals surface area contributed by atoms with Crippen molar-refractivity contribution in [2.24, 2.45) is 0 Å². The summed E-state index contributed by atoms with van der Waals surface area (Å²) in [5.74, 6) is 2.86. The first-order valence-electron chi connectivity index (χ1n) is 12.4. The number of nitrogens with zero attached hydrogens (tertiary/aromatic N) is 4. The molecule has 39 heavy (non-hydrogen) atoms. The normalized spacial score (nSPS) is 11.7. The zero-order valence-corrected chi connectivity index (χ0v) is 22.6. The molecule has 0 radical (unpaired) electrons. The molecule has 3 heterocycles. The van der Waals surface area contributed by atoms with E-state index in [0.29, 0.717) is 42.5 Å². The van der Waals surface area contributed by atoms with Gasteiger partial charge in [0, 0.05) is 23.9 Å². The van der Waals surface area contributed by atoms with Crippen LogP contribution in [0.5, 0.6) is 5.75 Å². The molecule has 0 spiro atoms. The molecule has 2 aromatic carbocycles. The number of rotatable bonds is 11. The molecule has 0 aliphatic carbocycles. The van der Waals surface area contributed by atoms with Gasteiger partial charge in [0.25, 0.3) is 0 Å². The molecule has 1 N–H and O–H groups in total. The van der Waals surface area contributed by atoms with E-state index in [1.54, 1.807) is 6.20 Å². The quantitative estimate of drug-likeness (QED) is 0.244. The lowest BCUT2D eigenvalue weighted by molar-refractivity contribution is 0.306. The highest BCUT2D eigenvalue weighted by Gasteiger charge is 2.13. The number of pyridine rings is 1. The van der Waals surface area contributed by atoms with Gasteiger partial charge in [0.2, 0.25) is 0 Å². The number of hydrogen-bond donors (Lipinski definition) is 1. The van der Waals surface area contributed by atoms with Crippen LogP contribution in [0.2, 0.25) is 0 Å². The van der Waals surface area contributed by atoms with Crippen molar-refractivity contribution in [2.45, 2.75) is 13.2 Å². The summed E-state index contributed by atoms with van der Waals surface area (Å²) in [7, 11) is -1.16. The molecule has 5 rings (SSSR count). The fourth-order valence-corrected chi connectivity index (χ4v) is 4.62. The number of benzene rings is 2. The van der Waals surface area contributed by atoms with E-state index in [0.717, 1.165) is 28.1 Å². The van der Waals surface area contributed by atoms with Gasteiger partial charge < -0.3 is 14.5 Å². The number of anilines is 2. The predicted octanol–water partition coefficient (Wildman–Crippen LogP) is 5.08. The molecule has 5 aromatic rings. The molecule has 0 saturated carbocycles. The summed E-state index contributed by atoms with van der Waals surface area (Å²) in [6, 6.07) is 23.4. The lowest BCUT2D eigenvalue weighted by Crippen LogP contribution is -2.24. The second-order valence-corrected chi connectivity index (χ2v) is 11.6. The number of fused-ring (bicyclic) bond motifs is 1. The van der Waals surface area contributed by atoms with Crippen LogP contribution in [-0.4, -0.2) is 53.9 Å². The molecule has 0 saturated heterocycles. The third kappa shape index (κ3) is 7.18. The second-order valence-electron chi connectivity index (χ2n) is 9.37.